The Labute approximate surface area is 165 Å². The Morgan fingerprint density at radius 3 is 2.00 bits per heavy atom. The van der Waals surface area contributed by atoms with Gasteiger partial charge in [0.05, 0.1) is 12.1 Å². The van der Waals surface area contributed by atoms with E-state index in [0.717, 1.165) is 27.9 Å². The lowest BCUT2D eigenvalue weighted by atomic mass is 9.85. The third-order valence-electron chi connectivity index (χ3n) is 5.05. The van der Waals surface area contributed by atoms with Crippen molar-refractivity contribution in [2.45, 2.75) is 26.0 Å². The molecule has 4 aromatic rings. The molecule has 0 saturated carbocycles. The molecule has 0 unspecified atom stereocenters. The zero-order valence-corrected chi connectivity index (χ0v) is 16.2. The maximum Gasteiger partial charge on any atom is 0.173 e. The summed E-state index contributed by atoms with van der Waals surface area (Å²) in [7, 11) is 0. The van der Waals surface area contributed by atoms with E-state index in [1.807, 2.05) is 85.8 Å². The minimum atomic E-state index is -1.37. The number of aryl methyl sites for hydroxylation is 1. The normalized spacial score (nSPS) is 11.7. The first-order valence-corrected chi connectivity index (χ1v) is 9.66. The first kappa shape index (κ1) is 18.3. The van der Waals surface area contributed by atoms with Crippen molar-refractivity contribution in [3.05, 3.63) is 95.8 Å². The molecule has 0 aliphatic carbocycles. The molecular formula is C24H24N2O2. The average molecular weight is 372 g/mol. The highest BCUT2D eigenvalue weighted by Crippen LogP contribution is 2.39. The summed E-state index contributed by atoms with van der Waals surface area (Å²) in [5, 5.41) is 12.1. The van der Waals surface area contributed by atoms with Gasteiger partial charge in [-0.2, -0.15) is 0 Å². The topological polar surface area (TPSA) is 47.3 Å². The van der Waals surface area contributed by atoms with Crippen LogP contribution in [0.4, 0.5) is 0 Å². The maximum atomic E-state index is 12.1. The maximum absolute atomic E-state index is 12.1. The van der Waals surface area contributed by atoms with Gasteiger partial charge in [0.15, 0.2) is 11.4 Å². The zero-order chi connectivity index (χ0) is 19.6. The van der Waals surface area contributed by atoms with Crippen molar-refractivity contribution in [2.24, 2.45) is 0 Å². The number of nitrogens with zero attached hydrogens (tertiary/aromatic N) is 2. The lowest BCUT2D eigenvalue weighted by molar-refractivity contribution is 0.112. The zero-order valence-electron chi connectivity index (χ0n) is 16.2. The minimum Gasteiger partial charge on any atom is -0.492 e. The van der Waals surface area contributed by atoms with Gasteiger partial charge in [-0.15, -0.1) is 0 Å². The molecule has 0 amide bonds. The summed E-state index contributed by atoms with van der Waals surface area (Å²) in [4.78, 5) is 4.88. The second-order valence-corrected chi connectivity index (χ2v) is 6.68. The summed E-state index contributed by atoms with van der Waals surface area (Å²) in [6, 6.07) is 25.3. The Morgan fingerprint density at radius 2 is 1.46 bits per heavy atom. The van der Waals surface area contributed by atoms with Gasteiger partial charge in [0.25, 0.3) is 0 Å². The van der Waals surface area contributed by atoms with E-state index >= 15 is 0 Å². The van der Waals surface area contributed by atoms with E-state index in [9.17, 15) is 5.11 Å². The number of fused-ring (bicyclic) bond motifs is 1. The third kappa shape index (κ3) is 2.86. The van der Waals surface area contributed by atoms with E-state index in [0.29, 0.717) is 19.0 Å². The van der Waals surface area contributed by atoms with E-state index in [-0.39, 0.29) is 0 Å². The highest BCUT2D eigenvalue weighted by molar-refractivity contribution is 5.83. The van der Waals surface area contributed by atoms with Crippen LogP contribution in [0, 0.1) is 0 Å². The van der Waals surface area contributed by atoms with Crippen LogP contribution >= 0.6 is 0 Å². The quantitative estimate of drug-likeness (QED) is 0.532. The predicted octanol–water partition coefficient (Wildman–Crippen LogP) is 4.74. The Hall–Kier alpha value is -3.11. The number of hydrogen-bond donors (Lipinski definition) is 1. The van der Waals surface area contributed by atoms with Crippen LogP contribution in [0.3, 0.4) is 0 Å². The fraction of sp³-hybridized carbons (Fsp3) is 0.208. The molecule has 3 aromatic carbocycles. The molecule has 0 aliphatic rings. The summed E-state index contributed by atoms with van der Waals surface area (Å²) in [6.07, 6.45) is 0. The predicted molar refractivity (Wildman–Crippen MR) is 112 cm³/mol. The molecule has 0 fully saturated rings. The molecule has 4 nitrogen and oxygen atoms in total. The van der Waals surface area contributed by atoms with E-state index in [1.54, 1.807) is 0 Å². The number of ether oxygens (including phenoxy) is 1. The van der Waals surface area contributed by atoms with Gasteiger partial charge in [0, 0.05) is 6.54 Å². The van der Waals surface area contributed by atoms with Crippen molar-refractivity contribution in [3.8, 4) is 5.75 Å². The number of aliphatic hydroxyl groups is 1. The Balaban J connectivity index is 2.05. The molecule has 0 bridgehead atoms. The largest absolute Gasteiger partial charge is 0.492 e. The Kier molecular flexibility index (Phi) is 4.88. The summed E-state index contributed by atoms with van der Waals surface area (Å²) < 4.78 is 7.91. The molecule has 0 aliphatic heterocycles. The third-order valence-corrected chi connectivity index (χ3v) is 5.05. The molecule has 1 heterocycles. The van der Waals surface area contributed by atoms with E-state index < -0.39 is 5.60 Å². The first-order valence-electron chi connectivity index (χ1n) is 9.66. The molecular weight excluding hydrogens is 348 g/mol. The molecule has 142 valence electrons. The minimum absolute atomic E-state index is 0.574. The molecule has 0 radical (unpaired) electrons. The Bertz CT molecular complexity index is 1030. The Morgan fingerprint density at radius 1 is 0.857 bits per heavy atom. The van der Waals surface area contributed by atoms with E-state index in [4.69, 9.17) is 9.72 Å². The number of rotatable bonds is 6. The second-order valence-electron chi connectivity index (χ2n) is 6.68. The van der Waals surface area contributed by atoms with Crippen molar-refractivity contribution in [1.29, 1.82) is 0 Å². The van der Waals surface area contributed by atoms with Gasteiger partial charge in [-0.1, -0.05) is 66.7 Å². The van der Waals surface area contributed by atoms with Gasteiger partial charge in [-0.05, 0) is 37.1 Å². The van der Waals surface area contributed by atoms with Crippen LogP contribution in [0.2, 0.25) is 0 Å². The van der Waals surface area contributed by atoms with Crippen LogP contribution in [-0.2, 0) is 12.1 Å². The number of para-hydroxylation sites is 1. The first-order chi connectivity index (χ1) is 13.7. The summed E-state index contributed by atoms with van der Waals surface area (Å²) in [5.74, 6) is 1.37. The highest BCUT2D eigenvalue weighted by Gasteiger charge is 2.39. The van der Waals surface area contributed by atoms with Gasteiger partial charge < -0.3 is 14.4 Å². The second kappa shape index (κ2) is 7.49. The SMILES string of the molecule is CCOc1cccc2nc(C(O)(c3ccccc3)c3ccccc3)n(CC)c12. The van der Waals surface area contributed by atoms with Gasteiger partial charge >= 0.3 is 0 Å². The van der Waals surface area contributed by atoms with Crippen LogP contribution in [0.25, 0.3) is 11.0 Å². The summed E-state index contributed by atoms with van der Waals surface area (Å²) >= 11 is 0. The van der Waals surface area contributed by atoms with Gasteiger partial charge in [0.1, 0.15) is 11.3 Å². The molecule has 0 saturated heterocycles. The molecule has 4 rings (SSSR count). The van der Waals surface area contributed by atoms with E-state index in [2.05, 4.69) is 11.5 Å². The standard InChI is InChI=1S/C24H24N2O2/c1-3-26-22-20(16-11-17-21(22)28-4-2)25-23(26)24(27,18-12-7-5-8-13-18)19-14-9-6-10-15-19/h5-17,27H,3-4H2,1-2H3. The number of aromatic nitrogens is 2. The molecule has 1 N–H and O–H groups in total. The molecule has 0 spiro atoms. The molecule has 1 aromatic heterocycles. The number of hydrogen-bond acceptors (Lipinski definition) is 3. The summed E-state index contributed by atoms with van der Waals surface area (Å²) in [5.41, 5.74) is 1.91. The number of benzene rings is 3. The number of imidazole rings is 1. The van der Waals surface area contributed by atoms with Crippen LogP contribution in [0.1, 0.15) is 30.8 Å². The summed E-state index contributed by atoms with van der Waals surface area (Å²) in [6.45, 7) is 5.27. The van der Waals surface area contributed by atoms with Gasteiger partial charge in [0.2, 0.25) is 0 Å². The molecule has 0 atom stereocenters. The fourth-order valence-electron chi connectivity index (χ4n) is 3.79. The van der Waals surface area contributed by atoms with Crippen molar-refractivity contribution in [2.75, 3.05) is 6.61 Å². The lowest BCUT2D eigenvalue weighted by Crippen LogP contribution is -2.32. The molecule has 28 heavy (non-hydrogen) atoms. The van der Waals surface area contributed by atoms with E-state index in [1.165, 1.54) is 0 Å². The smallest absolute Gasteiger partial charge is 0.173 e. The van der Waals surface area contributed by atoms with Crippen molar-refractivity contribution >= 4 is 11.0 Å². The molecule has 4 heteroatoms. The average Bonchev–Trinajstić information content (AvgIpc) is 3.15. The van der Waals surface area contributed by atoms with Gasteiger partial charge in [-0.3, -0.25) is 0 Å². The van der Waals surface area contributed by atoms with Crippen LogP contribution in [-0.4, -0.2) is 21.3 Å². The lowest BCUT2D eigenvalue weighted by Gasteiger charge is -2.29. The van der Waals surface area contributed by atoms with Crippen LogP contribution in [0.5, 0.6) is 5.75 Å². The van der Waals surface area contributed by atoms with Crippen LogP contribution < -0.4 is 4.74 Å². The monoisotopic (exact) mass is 372 g/mol. The van der Waals surface area contributed by atoms with Crippen molar-refractivity contribution in [1.82, 2.24) is 9.55 Å². The fourth-order valence-corrected chi connectivity index (χ4v) is 3.79. The van der Waals surface area contributed by atoms with Crippen LogP contribution in [0.15, 0.2) is 78.9 Å². The van der Waals surface area contributed by atoms with Gasteiger partial charge in [-0.25, -0.2) is 4.98 Å². The van der Waals surface area contributed by atoms with Crippen molar-refractivity contribution in [3.63, 3.8) is 0 Å². The van der Waals surface area contributed by atoms with Crippen molar-refractivity contribution < 1.29 is 9.84 Å². The highest BCUT2D eigenvalue weighted by atomic mass is 16.5.